The number of aryl methyl sites for hydroxylation is 2. The van der Waals surface area contributed by atoms with Crippen LogP contribution in [0.1, 0.15) is 5.56 Å². The smallest absolute Gasteiger partial charge is 0.179 e. The van der Waals surface area contributed by atoms with E-state index in [0.29, 0.717) is 6.61 Å². The van der Waals surface area contributed by atoms with E-state index < -0.39 is 0 Å². The predicted octanol–water partition coefficient (Wildman–Crippen LogP) is 3.69. The molecule has 1 aromatic carbocycles. The molecule has 0 aliphatic carbocycles. The number of aromatic nitrogens is 2. The summed E-state index contributed by atoms with van der Waals surface area (Å²) in [6.07, 6.45) is 0. The van der Waals surface area contributed by atoms with E-state index in [0.717, 1.165) is 19.8 Å². The highest BCUT2D eigenvalue weighted by molar-refractivity contribution is 8.01. The molecule has 0 atom stereocenters. The molecule has 0 saturated carbocycles. The molecule has 96 valence electrons. The largest absolute Gasteiger partial charge is 0.493 e. The summed E-state index contributed by atoms with van der Waals surface area (Å²) in [4.78, 5) is 0. The molecule has 2 aromatic rings. The van der Waals surface area contributed by atoms with Crippen LogP contribution in [-0.2, 0) is 7.05 Å². The van der Waals surface area contributed by atoms with E-state index in [1.165, 1.54) is 16.9 Å². The number of nitrogens with zero attached hydrogens (tertiary/aromatic N) is 2. The third-order valence-corrected chi connectivity index (χ3v) is 4.75. The first kappa shape index (κ1) is 13.6. The molecule has 0 N–H and O–H groups in total. The van der Waals surface area contributed by atoms with Gasteiger partial charge in [-0.25, -0.2) is 4.68 Å². The summed E-state index contributed by atoms with van der Waals surface area (Å²) in [5.41, 5.74) is 1.21. The fraction of sp³-hybridized carbons (Fsp3) is 0.333. The highest BCUT2D eigenvalue weighted by Crippen LogP contribution is 2.21. The molecule has 0 bridgehead atoms. The van der Waals surface area contributed by atoms with Crippen molar-refractivity contribution in [2.75, 3.05) is 12.4 Å². The lowest BCUT2D eigenvalue weighted by Gasteiger charge is -2.05. The Bertz CT molecular complexity index is 577. The van der Waals surface area contributed by atoms with Crippen LogP contribution < -0.4 is 4.74 Å². The van der Waals surface area contributed by atoms with Crippen LogP contribution in [0.25, 0.3) is 0 Å². The first-order valence-corrected chi connectivity index (χ1v) is 7.72. The molecule has 1 heterocycles. The van der Waals surface area contributed by atoms with Crippen molar-refractivity contribution in [2.45, 2.75) is 11.3 Å². The number of benzene rings is 1. The van der Waals surface area contributed by atoms with E-state index in [1.54, 1.807) is 16.4 Å². The van der Waals surface area contributed by atoms with Crippen LogP contribution in [-0.4, -0.2) is 22.1 Å². The van der Waals surface area contributed by atoms with Crippen LogP contribution in [0, 0.1) is 10.9 Å². The first-order chi connectivity index (χ1) is 8.65. The SMILES string of the molecule is Cc1cccc(OCCSc2nn(C)c(=S)s2)c1. The minimum Gasteiger partial charge on any atom is -0.493 e. The highest BCUT2D eigenvalue weighted by Gasteiger charge is 2.01. The van der Waals surface area contributed by atoms with E-state index >= 15 is 0 Å². The average molecular weight is 298 g/mol. The molecule has 0 unspecified atom stereocenters. The Hall–Kier alpha value is -0.850. The maximum Gasteiger partial charge on any atom is 0.179 e. The lowest BCUT2D eigenvalue weighted by atomic mass is 10.2. The molecular weight excluding hydrogens is 284 g/mol. The maximum absolute atomic E-state index is 5.67. The van der Waals surface area contributed by atoms with Crippen molar-refractivity contribution >= 4 is 35.3 Å². The summed E-state index contributed by atoms with van der Waals surface area (Å²) in [6.45, 7) is 2.73. The normalized spacial score (nSPS) is 10.6. The second kappa shape index (κ2) is 6.36. The van der Waals surface area contributed by atoms with Gasteiger partial charge in [0.25, 0.3) is 0 Å². The van der Waals surface area contributed by atoms with Gasteiger partial charge in [-0.05, 0) is 36.8 Å². The summed E-state index contributed by atoms with van der Waals surface area (Å²) >= 11 is 8.33. The maximum atomic E-state index is 5.67. The van der Waals surface area contributed by atoms with Crippen molar-refractivity contribution in [1.29, 1.82) is 0 Å². The Morgan fingerprint density at radius 3 is 3.00 bits per heavy atom. The van der Waals surface area contributed by atoms with Crippen molar-refractivity contribution in [1.82, 2.24) is 9.78 Å². The molecule has 0 aliphatic rings. The lowest BCUT2D eigenvalue weighted by molar-refractivity contribution is 0.343. The monoisotopic (exact) mass is 298 g/mol. The Morgan fingerprint density at radius 2 is 2.33 bits per heavy atom. The summed E-state index contributed by atoms with van der Waals surface area (Å²) in [6, 6.07) is 8.07. The fourth-order valence-corrected chi connectivity index (χ4v) is 3.54. The highest BCUT2D eigenvalue weighted by atomic mass is 32.2. The number of hydrogen-bond acceptors (Lipinski definition) is 5. The fourth-order valence-electron chi connectivity index (χ4n) is 1.38. The van der Waals surface area contributed by atoms with Gasteiger partial charge in [-0.3, -0.25) is 0 Å². The van der Waals surface area contributed by atoms with E-state index in [9.17, 15) is 0 Å². The molecule has 6 heteroatoms. The topological polar surface area (TPSA) is 27.1 Å². The van der Waals surface area contributed by atoms with Gasteiger partial charge in [-0.1, -0.05) is 35.2 Å². The molecule has 0 fully saturated rings. The Labute approximate surface area is 120 Å². The molecular formula is C12H14N2OS3. The van der Waals surface area contributed by atoms with Crippen LogP contribution in [0.15, 0.2) is 28.6 Å². The first-order valence-electron chi connectivity index (χ1n) is 5.51. The zero-order valence-electron chi connectivity index (χ0n) is 10.3. The molecule has 0 spiro atoms. The van der Waals surface area contributed by atoms with Crippen LogP contribution in [0.3, 0.4) is 0 Å². The second-order valence-electron chi connectivity index (χ2n) is 3.77. The van der Waals surface area contributed by atoms with Crippen LogP contribution in [0.2, 0.25) is 0 Å². The van der Waals surface area contributed by atoms with Crippen molar-refractivity contribution in [2.24, 2.45) is 7.05 Å². The second-order valence-corrected chi connectivity index (χ2v) is 6.74. The van der Waals surface area contributed by atoms with Gasteiger partial charge < -0.3 is 4.74 Å². The molecule has 0 aliphatic heterocycles. The number of ether oxygens (including phenoxy) is 1. The molecule has 0 saturated heterocycles. The number of hydrogen-bond donors (Lipinski definition) is 0. The number of rotatable bonds is 5. The van der Waals surface area contributed by atoms with E-state index in [4.69, 9.17) is 17.0 Å². The van der Waals surface area contributed by atoms with E-state index in [2.05, 4.69) is 18.1 Å². The van der Waals surface area contributed by atoms with Gasteiger partial charge in [-0.15, -0.1) is 0 Å². The Kier molecular flexibility index (Phi) is 4.79. The van der Waals surface area contributed by atoms with Gasteiger partial charge in [0.05, 0.1) is 6.61 Å². The summed E-state index contributed by atoms with van der Waals surface area (Å²) in [5.74, 6) is 1.79. The van der Waals surface area contributed by atoms with Crippen molar-refractivity contribution in [3.8, 4) is 5.75 Å². The Balaban J connectivity index is 1.78. The zero-order valence-corrected chi connectivity index (χ0v) is 12.7. The standard InChI is InChI=1S/C12H14N2OS3/c1-9-4-3-5-10(8-9)15-6-7-17-11-13-14(2)12(16)18-11/h3-5,8H,6-7H2,1-2H3. The molecule has 1 aromatic heterocycles. The van der Waals surface area contributed by atoms with Crippen LogP contribution in [0.5, 0.6) is 5.75 Å². The Morgan fingerprint density at radius 1 is 1.50 bits per heavy atom. The minimum atomic E-state index is 0.671. The predicted molar refractivity (Wildman–Crippen MR) is 79.3 cm³/mol. The minimum absolute atomic E-state index is 0.671. The summed E-state index contributed by atoms with van der Waals surface area (Å²) in [5, 5.41) is 4.31. The van der Waals surface area contributed by atoms with E-state index in [-0.39, 0.29) is 0 Å². The van der Waals surface area contributed by atoms with E-state index in [1.807, 2.05) is 25.2 Å². The van der Waals surface area contributed by atoms with Crippen LogP contribution >= 0.6 is 35.3 Å². The van der Waals surface area contributed by atoms with Crippen molar-refractivity contribution < 1.29 is 4.74 Å². The average Bonchev–Trinajstić information content (AvgIpc) is 2.65. The third-order valence-electron chi connectivity index (χ3n) is 2.24. The van der Waals surface area contributed by atoms with Gasteiger partial charge in [-0.2, -0.15) is 5.10 Å². The molecule has 18 heavy (non-hydrogen) atoms. The van der Waals surface area contributed by atoms with Gasteiger partial charge >= 0.3 is 0 Å². The molecule has 2 rings (SSSR count). The van der Waals surface area contributed by atoms with Crippen molar-refractivity contribution in [3.05, 3.63) is 33.8 Å². The third kappa shape index (κ3) is 3.83. The van der Waals surface area contributed by atoms with Gasteiger partial charge in [0.1, 0.15) is 5.75 Å². The van der Waals surface area contributed by atoms with Crippen molar-refractivity contribution in [3.63, 3.8) is 0 Å². The molecule has 0 amide bonds. The van der Waals surface area contributed by atoms with Crippen LogP contribution in [0.4, 0.5) is 0 Å². The quantitative estimate of drug-likeness (QED) is 0.478. The van der Waals surface area contributed by atoms with Gasteiger partial charge in [0.15, 0.2) is 8.29 Å². The molecule has 0 radical (unpaired) electrons. The number of thioether (sulfide) groups is 1. The van der Waals surface area contributed by atoms with Gasteiger partial charge in [0, 0.05) is 12.8 Å². The summed E-state index contributed by atoms with van der Waals surface area (Å²) < 4.78 is 9.19. The van der Waals surface area contributed by atoms with Gasteiger partial charge in [0.2, 0.25) is 0 Å². The zero-order chi connectivity index (χ0) is 13.0. The summed E-state index contributed by atoms with van der Waals surface area (Å²) in [7, 11) is 1.87. The lowest BCUT2D eigenvalue weighted by Crippen LogP contribution is -2.00. The molecule has 3 nitrogen and oxygen atoms in total.